The number of nitrogens with two attached hydrogens (primary N) is 1. The van der Waals surface area contributed by atoms with E-state index >= 15 is 0 Å². The molecule has 0 radical (unpaired) electrons. The van der Waals surface area contributed by atoms with E-state index in [0.717, 1.165) is 39.8 Å². The fourth-order valence-electron chi connectivity index (χ4n) is 4.72. The van der Waals surface area contributed by atoms with Crippen molar-refractivity contribution in [2.75, 3.05) is 11.7 Å². The van der Waals surface area contributed by atoms with Crippen LogP contribution in [0.15, 0.2) is 52.6 Å². The zero-order valence-electron chi connectivity index (χ0n) is 24.7. The first-order valence-electron chi connectivity index (χ1n) is 13.5. The van der Waals surface area contributed by atoms with E-state index < -0.39 is 5.83 Å². The van der Waals surface area contributed by atoms with Crippen LogP contribution in [0.4, 0.5) is 10.3 Å². The molecule has 2 aromatic carbocycles. The van der Waals surface area contributed by atoms with Gasteiger partial charge in [-0.15, -0.1) is 0 Å². The number of ether oxygens (including phenoxy) is 2. The molecule has 0 atom stereocenters. The van der Waals surface area contributed by atoms with Gasteiger partial charge < -0.3 is 25.5 Å². The number of Topliss-reactive ketones (excluding diaryl/α,β-unsaturated/α-hetero) is 1. The van der Waals surface area contributed by atoms with Crippen molar-refractivity contribution >= 4 is 28.3 Å². The SMILES string of the molecule is C/C=C(F)\C=C(/C(C)=N)C(C)=O.CC.Cc1cc(CN)c2nc(N3Cc4ccc5c(c4C3)OCO5)n(C)c(=O)c2c1. The van der Waals surface area contributed by atoms with Gasteiger partial charge in [-0.3, -0.25) is 14.2 Å². The molecular weight excluding hydrogens is 525 g/mol. The molecule has 0 bridgehead atoms. The number of ketones is 1. The molecule has 2 aliphatic heterocycles. The van der Waals surface area contributed by atoms with Crippen LogP contribution in [0.2, 0.25) is 0 Å². The van der Waals surface area contributed by atoms with Crippen LogP contribution in [-0.2, 0) is 31.5 Å². The predicted molar refractivity (Wildman–Crippen MR) is 160 cm³/mol. The molecule has 9 nitrogen and oxygen atoms in total. The van der Waals surface area contributed by atoms with Crippen LogP contribution in [-0.4, -0.2) is 27.8 Å². The van der Waals surface area contributed by atoms with Crippen molar-refractivity contribution in [3.8, 4) is 11.5 Å². The largest absolute Gasteiger partial charge is 0.454 e. The van der Waals surface area contributed by atoms with Crippen molar-refractivity contribution in [3.63, 3.8) is 0 Å². The minimum absolute atomic E-state index is 0.0610. The Labute approximate surface area is 239 Å². The van der Waals surface area contributed by atoms with Gasteiger partial charge in [0, 0.05) is 37.0 Å². The normalized spacial score (nSPS) is 13.7. The van der Waals surface area contributed by atoms with Crippen LogP contribution in [0.25, 0.3) is 10.9 Å². The summed E-state index contributed by atoms with van der Waals surface area (Å²) in [4.78, 5) is 30.8. The number of nitrogens with one attached hydrogen (secondary N) is 1. The van der Waals surface area contributed by atoms with Crippen LogP contribution in [0.3, 0.4) is 0 Å². The average Bonchev–Trinajstić information content (AvgIpc) is 3.61. The molecule has 0 unspecified atom stereocenters. The van der Waals surface area contributed by atoms with Crippen LogP contribution >= 0.6 is 0 Å². The fourth-order valence-corrected chi connectivity index (χ4v) is 4.72. The summed E-state index contributed by atoms with van der Waals surface area (Å²) >= 11 is 0. The third-order valence-electron chi connectivity index (χ3n) is 6.67. The molecule has 5 rings (SSSR count). The van der Waals surface area contributed by atoms with E-state index in [1.54, 1.807) is 11.6 Å². The number of nitrogens with zero attached hydrogens (tertiary/aromatic N) is 3. The van der Waals surface area contributed by atoms with Gasteiger partial charge >= 0.3 is 0 Å². The lowest BCUT2D eigenvalue weighted by molar-refractivity contribution is -0.113. The molecule has 0 saturated heterocycles. The van der Waals surface area contributed by atoms with Gasteiger partial charge in [0.05, 0.1) is 17.4 Å². The Hall–Kier alpha value is -4.31. The first-order valence-corrected chi connectivity index (χ1v) is 13.5. The summed E-state index contributed by atoms with van der Waals surface area (Å²) in [6.45, 7) is 12.1. The second-order valence-electron chi connectivity index (χ2n) is 9.51. The first-order chi connectivity index (χ1) is 19.5. The van der Waals surface area contributed by atoms with Gasteiger partial charge in [0.25, 0.3) is 5.56 Å². The highest BCUT2D eigenvalue weighted by atomic mass is 19.1. The molecule has 3 N–H and O–H groups in total. The van der Waals surface area contributed by atoms with Gasteiger partial charge in [-0.25, -0.2) is 9.37 Å². The summed E-state index contributed by atoms with van der Waals surface area (Å²) in [6, 6.07) is 7.86. The van der Waals surface area contributed by atoms with E-state index in [1.165, 1.54) is 26.8 Å². The second-order valence-corrected chi connectivity index (χ2v) is 9.51. The Morgan fingerprint density at radius 1 is 1.20 bits per heavy atom. The van der Waals surface area contributed by atoms with Crippen molar-refractivity contribution in [3.05, 3.63) is 80.4 Å². The maximum absolute atomic E-state index is 13.0. The molecular formula is C31H38FN5O4. The monoisotopic (exact) mass is 563 g/mol. The summed E-state index contributed by atoms with van der Waals surface area (Å²) in [5, 5.41) is 7.77. The van der Waals surface area contributed by atoms with Crippen molar-refractivity contribution < 1.29 is 18.7 Å². The lowest BCUT2D eigenvalue weighted by atomic mass is 10.1. The molecule has 0 amide bonds. The third kappa shape index (κ3) is 6.54. The molecule has 0 saturated carbocycles. The maximum Gasteiger partial charge on any atom is 0.262 e. The molecule has 41 heavy (non-hydrogen) atoms. The van der Waals surface area contributed by atoms with Crippen LogP contribution in [0, 0.1) is 12.3 Å². The average molecular weight is 564 g/mol. The number of aryl methyl sites for hydroxylation is 1. The number of carbonyl (C=O) groups excluding carboxylic acids is 1. The molecule has 0 spiro atoms. The van der Waals surface area contributed by atoms with Gasteiger partial charge in [-0.1, -0.05) is 32.1 Å². The summed E-state index contributed by atoms with van der Waals surface area (Å²) in [7, 11) is 1.77. The number of halogens is 1. The Kier molecular flexibility index (Phi) is 10.2. The number of allylic oxidation sites excluding steroid dienone is 4. The highest BCUT2D eigenvalue weighted by Crippen LogP contribution is 2.42. The van der Waals surface area contributed by atoms with Crippen LogP contribution in [0.5, 0.6) is 11.5 Å². The Balaban J connectivity index is 0.000000282. The highest BCUT2D eigenvalue weighted by molar-refractivity contribution is 6.19. The molecule has 3 heterocycles. The minimum Gasteiger partial charge on any atom is -0.454 e. The van der Waals surface area contributed by atoms with E-state index in [-0.39, 0.29) is 29.4 Å². The van der Waals surface area contributed by atoms with E-state index in [0.29, 0.717) is 36.5 Å². The number of hydrogen-bond acceptors (Lipinski definition) is 8. The Morgan fingerprint density at radius 2 is 1.90 bits per heavy atom. The van der Waals surface area contributed by atoms with Crippen molar-refractivity contribution in [2.24, 2.45) is 12.8 Å². The fraction of sp³-hybridized carbons (Fsp3) is 0.355. The summed E-state index contributed by atoms with van der Waals surface area (Å²) in [5.74, 6) is 1.43. The zero-order chi connectivity index (χ0) is 30.4. The van der Waals surface area contributed by atoms with E-state index in [1.807, 2.05) is 39.0 Å². The van der Waals surface area contributed by atoms with Crippen molar-refractivity contribution in [1.29, 1.82) is 5.41 Å². The number of carbonyl (C=O) groups is 1. The van der Waals surface area contributed by atoms with Gasteiger partial charge in [-0.05, 0) is 62.6 Å². The minimum atomic E-state index is -0.494. The van der Waals surface area contributed by atoms with Crippen molar-refractivity contribution in [2.45, 2.75) is 61.2 Å². The molecule has 10 heteroatoms. The summed E-state index contributed by atoms with van der Waals surface area (Å²) in [6.07, 6.45) is 2.32. The summed E-state index contributed by atoms with van der Waals surface area (Å²) < 4.78 is 25.4. The predicted octanol–water partition coefficient (Wildman–Crippen LogP) is 5.39. The highest BCUT2D eigenvalue weighted by Gasteiger charge is 2.30. The number of benzene rings is 2. The zero-order valence-corrected chi connectivity index (χ0v) is 24.7. The lowest BCUT2D eigenvalue weighted by Gasteiger charge is -2.20. The van der Waals surface area contributed by atoms with Crippen LogP contribution < -0.4 is 25.7 Å². The topological polar surface area (TPSA) is 124 Å². The Bertz CT molecular complexity index is 1590. The van der Waals surface area contributed by atoms with E-state index in [2.05, 4.69) is 11.0 Å². The summed E-state index contributed by atoms with van der Waals surface area (Å²) in [5.41, 5.74) is 10.9. The molecule has 1 aromatic heterocycles. The third-order valence-corrected chi connectivity index (χ3v) is 6.67. The number of aromatic nitrogens is 2. The molecule has 0 fully saturated rings. The van der Waals surface area contributed by atoms with E-state index in [4.69, 9.17) is 25.6 Å². The quantitative estimate of drug-likeness (QED) is 0.242. The smallest absolute Gasteiger partial charge is 0.262 e. The maximum atomic E-state index is 13.0. The Morgan fingerprint density at radius 3 is 2.51 bits per heavy atom. The van der Waals surface area contributed by atoms with E-state index in [9.17, 15) is 14.0 Å². The van der Waals surface area contributed by atoms with Crippen LogP contribution in [0.1, 0.15) is 56.9 Å². The first kappa shape index (κ1) is 31.2. The molecule has 3 aromatic rings. The van der Waals surface area contributed by atoms with Gasteiger partial charge in [-0.2, -0.15) is 0 Å². The second kappa shape index (κ2) is 13.4. The van der Waals surface area contributed by atoms with Crippen molar-refractivity contribution in [1.82, 2.24) is 9.55 Å². The standard InChI is InChI=1S/C20H20N4O3.C9H12FNO.C2H6/c1-11-5-13(7-21)17-14(6-11)19(25)23(2)20(22-17)24-8-12-3-4-16-18(15(12)9-24)27-10-26-16;1-4-8(10)5-9(6(2)11)7(3)12;1-2/h3-6H,7-10,21H2,1-2H3;4-5,11H,1-3H3;1-2H3/b;8-4+,9-5+,11-6?;. The number of hydrogen-bond donors (Lipinski definition) is 2. The lowest BCUT2D eigenvalue weighted by Crippen LogP contribution is -2.28. The van der Waals surface area contributed by atoms with Gasteiger partial charge in [0.1, 0.15) is 5.83 Å². The molecule has 2 aliphatic rings. The molecule has 0 aliphatic carbocycles. The number of rotatable bonds is 5. The van der Waals surface area contributed by atoms with Gasteiger partial charge in [0.15, 0.2) is 17.3 Å². The number of fused-ring (bicyclic) bond motifs is 4. The number of anilines is 1. The van der Waals surface area contributed by atoms with Gasteiger partial charge in [0.2, 0.25) is 12.7 Å². The molecule has 218 valence electrons.